The van der Waals surface area contributed by atoms with Crippen LogP contribution in [0.4, 0.5) is 24.8 Å². The Hall–Kier alpha value is -4.10. The van der Waals surface area contributed by atoms with Crippen LogP contribution in [0.15, 0.2) is 53.8 Å². The van der Waals surface area contributed by atoms with Crippen molar-refractivity contribution in [1.82, 2.24) is 24.7 Å². The summed E-state index contributed by atoms with van der Waals surface area (Å²) < 4.78 is 90.3. The third-order valence-corrected chi connectivity index (χ3v) is 9.56. The lowest BCUT2D eigenvalue weighted by Crippen LogP contribution is -2.38. The van der Waals surface area contributed by atoms with Crippen molar-refractivity contribution in [2.24, 2.45) is 7.05 Å². The van der Waals surface area contributed by atoms with E-state index in [9.17, 15) is 34.8 Å². The highest BCUT2D eigenvalue weighted by Crippen LogP contribution is 2.40. The van der Waals surface area contributed by atoms with Crippen molar-refractivity contribution < 1.29 is 39.6 Å². The maximum atomic E-state index is 13.4. The molecular weight excluding hydrogens is 648 g/mol. The number of rotatable bonds is 11. The van der Waals surface area contributed by atoms with Crippen LogP contribution in [-0.4, -0.2) is 72.3 Å². The molecule has 0 fully saturated rings. The molecule has 0 radical (unpaired) electrons. The van der Waals surface area contributed by atoms with Crippen LogP contribution in [0.1, 0.15) is 24.8 Å². The lowest BCUT2D eigenvalue weighted by Gasteiger charge is -2.22. The van der Waals surface area contributed by atoms with Gasteiger partial charge in [0.25, 0.3) is 10.0 Å². The first kappa shape index (κ1) is 32.8. The van der Waals surface area contributed by atoms with Crippen LogP contribution in [0.5, 0.6) is 0 Å². The smallest absolute Gasteiger partial charge is 0.353 e. The van der Waals surface area contributed by atoms with Crippen molar-refractivity contribution in [2.45, 2.75) is 30.8 Å². The second kappa shape index (κ2) is 12.5. The van der Waals surface area contributed by atoms with Crippen LogP contribution in [0, 0.1) is 0 Å². The molecule has 0 atom stereocenters. The molecule has 0 saturated heterocycles. The molecule has 0 bridgehead atoms. The number of sulfone groups is 1. The summed E-state index contributed by atoms with van der Waals surface area (Å²) in [7, 11) is -6.69. The maximum absolute atomic E-state index is 13.4. The number of sulfonamides is 1. The van der Waals surface area contributed by atoms with Crippen molar-refractivity contribution in [3.05, 3.63) is 53.9 Å². The van der Waals surface area contributed by atoms with E-state index >= 15 is 0 Å². The molecule has 1 aromatic carbocycles. The second-order valence-electron chi connectivity index (χ2n) is 9.72. The summed E-state index contributed by atoms with van der Waals surface area (Å²) in [6, 6.07) is 6.89. The van der Waals surface area contributed by atoms with Gasteiger partial charge in [-0.3, -0.25) is 4.68 Å². The van der Waals surface area contributed by atoms with Crippen LogP contribution in [-0.2, 0) is 36.5 Å². The Morgan fingerprint density at radius 2 is 1.89 bits per heavy atom. The lowest BCUT2D eigenvalue weighted by molar-refractivity contribution is -0.199. The Labute approximate surface area is 254 Å². The number of alkyl halides is 3. The number of anilines is 2. The molecule has 44 heavy (non-hydrogen) atoms. The number of thiazole rings is 1. The first-order chi connectivity index (χ1) is 20.5. The van der Waals surface area contributed by atoms with Crippen LogP contribution < -0.4 is 9.79 Å². The molecule has 3 aromatic heterocycles. The molecule has 0 unspecified atom stereocenters. The Morgan fingerprint density at radius 3 is 2.50 bits per heavy atom. The number of halogens is 3. The average molecular weight is 674 g/mol. The summed E-state index contributed by atoms with van der Waals surface area (Å²) in [6.07, 6.45) is -0.993. The van der Waals surface area contributed by atoms with Crippen molar-refractivity contribution in [3.8, 4) is 21.8 Å². The molecule has 1 N–H and O–H groups in total. The fraction of sp³-hybridized carbons (Fsp3) is 0.320. The summed E-state index contributed by atoms with van der Waals surface area (Å²) in [6.45, 7) is 3.87. The molecule has 13 nitrogen and oxygen atoms in total. The Balaban J connectivity index is 1.80. The van der Waals surface area contributed by atoms with E-state index in [1.807, 2.05) is 13.8 Å². The van der Waals surface area contributed by atoms with E-state index in [2.05, 4.69) is 25.2 Å². The second-order valence-corrected chi connectivity index (χ2v) is 14.8. The molecule has 0 aliphatic heterocycles. The number of aromatic nitrogens is 5. The average Bonchev–Trinajstić information content (AvgIpc) is 3.58. The van der Waals surface area contributed by atoms with Crippen LogP contribution >= 0.6 is 11.3 Å². The molecule has 0 saturated carbocycles. The van der Waals surface area contributed by atoms with Gasteiger partial charge in [-0.05, 0) is 18.2 Å². The number of carbonyl (C=O) groups is 1. The molecule has 236 valence electrons. The largest absolute Gasteiger partial charge is 0.493 e. The molecule has 4 aromatic rings. The minimum absolute atomic E-state index is 0.0416. The van der Waals surface area contributed by atoms with Gasteiger partial charge in [0, 0.05) is 43.7 Å². The van der Waals surface area contributed by atoms with Gasteiger partial charge < -0.3 is 10.2 Å². The predicted octanol–water partition coefficient (Wildman–Crippen LogP) is 3.80. The molecule has 0 amide bonds. The Bertz CT molecular complexity index is 1890. The van der Waals surface area contributed by atoms with E-state index in [1.54, 1.807) is 12.1 Å². The zero-order chi connectivity index (χ0) is 32.4. The van der Waals surface area contributed by atoms with Crippen molar-refractivity contribution in [1.29, 1.82) is 0 Å². The number of aryl methyl sites for hydroxylation is 1. The number of nitrogens with one attached hydrogen (secondary N) is 1. The standard InChI is InChI=1S/C25H26F3N7O6S3/c1-15(2)22-33-20(21(42-22)19-8-9-29-24(32-19)30-10-11-43(4,37)38)16-6-5-7-17(12-16)35(41-23(36)25(26,27)28)44(39,40)18-13-31-34(3)14-18/h5-9,12-15H,10-11H2,1-4H3,(H,29,30,32). The third kappa shape index (κ3) is 7.69. The van der Waals surface area contributed by atoms with E-state index in [0.29, 0.717) is 21.3 Å². The Kier molecular flexibility index (Phi) is 9.31. The van der Waals surface area contributed by atoms with Crippen molar-refractivity contribution >= 4 is 48.8 Å². The van der Waals surface area contributed by atoms with Gasteiger partial charge in [0.1, 0.15) is 14.7 Å². The summed E-state index contributed by atoms with van der Waals surface area (Å²) in [4.78, 5) is 29.5. The molecular formula is C25H26F3N7O6S3. The summed E-state index contributed by atoms with van der Waals surface area (Å²) in [5.41, 5.74) is 0.581. The minimum Gasteiger partial charge on any atom is -0.353 e. The van der Waals surface area contributed by atoms with Crippen molar-refractivity contribution in [3.63, 3.8) is 0 Å². The molecule has 4 rings (SSSR count). The zero-order valence-electron chi connectivity index (χ0n) is 23.6. The first-order valence-corrected chi connectivity index (χ1v) is 17.0. The number of benzene rings is 1. The van der Waals surface area contributed by atoms with Crippen LogP contribution in [0.3, 0.4) is 0 Å². The van der Waals surface area contributed by atoms with Gasteiger partial charge in [-0.25, -0.2) is 28.2 Å². The van der Waals surface area contributed by atoms with Gasteiger partial charge in [0.15, 0.2) is 0 Å². The predicted molar refractivity (Wildman–Crippen MR) is 156 cm³/mol. The van der Waals surface area contributed by atoms with E-state index in [4.69, 9.17) is 4.98 Å². The normalized spacial score (nSPS) is 12.4. The lowest BCUT2D eigenvalue weighted by atomic mass is 10.1. The number of hydrogen-bond acceptors (Lipinski definition) is 12. The van der Waals surface area contributed by atoms with Crippen molar-refractivity contribution in [2.75, 3.05) is 28.3 Å². The SMILES string of the molecule is CC(C)c1nc(-c2cccc(N(OC(=O)C(F)(F)F)S(=O)(=O)c3cnn(C)c3)c2)c(-c2ccnc(NCCS(C)(=O)=O)n2)s1. The molecule has 0 aliphatic carbocycles. The summed E-state index contributed by atoms with van der Waals surface area (Å²) in [5, 5.41) is 7.27. The van der Waals surface area contributed by atoms with Gasteiger partial charge in [-0.2, -0.15) is 26.7 Å². The molecule has 0 aliphatic rings. The summed E-state index contributed by atoms with van der Waals surface area (Å²) in [5.74, 6) is -2.78. The first-order valence-electron chi connectivity index (χ1n) is 12.6. The van der Waals surface area contributed by atoms with Gasteiger partial charge in [-0.1, -0.05) is 30.4 Å². The van der Waals surface area contributed by atoms with Crippen LogP contribution in [0.2, 0.25) is 0 Å². The highest BCUT2D eigenvalue weighted by molar-refractivity contribution is 7.92. The van der Waals surface area contributed by atoms with Gasteiger partial charge in [-0.15, -0.1) is 11.3 Å². The van der Waals surface area contributed by atoms with Crippen LogP contribution in [0.25, 0.3) is 21.8 Å². The van der Waals surface area contributed by atoms with E-state index in [1.165, 1.54) is 36.7 Å². The quantitative estimate of drug-likeness (QED) is 0.230. The number of hydrogen-bond donors (Lipinski definition) is 1. The Morgan fingerprint density at radius 1 is 1.16 bits per heavy atom. The van der Waals surface area contributed by atoms with Gasteiger partial charge >= 0.3 is 12.1 Å². The van der Waals surface area contributed by atoms with E-state index in [-0.39, 0.29) is 34.2 Å². The van der Waals surface area contributed by atoms with Gasteiger partial charge in [0.2, 0.25) is 5.95 Å². The third-order valence-electron chi connectivity index (χ3n) is 5.71. The van der Waals surface area contributed by atoms with E-state index in [0.717, 1.165) is 29.4 Å². The molecule has 0 spiro atoms. The minimum atomic E-state index is -5.49. The fourth-order valence-corrected chi connectivity index (χ4v) is 6.38. The summed E-state index contributed by atoms with van der Waals surface area (Å²) >= 11 is 1.28. The monoisotopic (exact) mass is 673 g/mol. The van der Waals surface area contributed by atoms with E-state index < -0.39 is 42.6 Å². The molecule has 19 heteroatoms. The number of carbonyl (C=O) groups excluding carboxylic acids is 1. The zero-order valence-corrected chi connectivity index (χ0v) is 26.1. The number of nitrogens with zero attached hydrogens (tertiary/aromatic N) is 6. The topological polar surface area (TPSA) is 166 Å². The highest BCUT2D eigenvalue weighted by Gasteiger charge is 2.45. The fourth-order valence-electron chi connectivity index (χ4n) is 3.63. The van der Waals surface area contributed by atoms with Gasteiger partial charge in [0.05, 0.1) is 38.9 Å². The maximum Gasteiger partial charge on any atom is 0.493 e. The molecule has 3 heterocycles. The highest BCUT2D eigenvalue weighted by atomic mass is 32.2.